The molecule has 3 aliphatic rings. The molecule has 3 fully saturated rings. The van der Waals surface area contributed by atoms with Crippen molar-refractivity contribution in [3.8, 4) is 17.0 Å². The lowest BCUT2D eigenvalue weighted by atomic mass is 10.0. The highest BCUT2D eigenvalue weighted by Crippen LogP contribution is 2.48. The maximum Gasteiger partial charge on any atom is 0.233 e. The molecular formula is C24H23ClN4O3S. The Morgan fingerprint density at radius 1 is 1.21 bits per heavy atom. The number of aromatic nitrogens is 2. The van der Waals surface area contributed by atoms with Crippen molar-refractivity contribution in [2.75, 3.05) is 13.1 Å². The van der Waals surface area contributed by atoms with E-state index in [1.807, 2.05) is 25.1 Å². The first-order valence-corrected chi connectivity index (χ1v) is 12.5. The largest absolute Gasteiger partial charge is 0.488 e. The summed E-state index contributed by atoms with van der Waals surface area (Å²) in [7, 11) is 0. The number of fused-ring (bicyclic) bond motifs is 2. The molecule has 3 unspecified atom stereocenters. The number of likely N-dealkylation sites (tertiary alicyclic amines) is 1. The number of nitrogens with zero attached hydrogens (tertiary/aromatic N) is 3. The quantitative estimate of drug-likeness (QED) is 0.554. The van der Waals surface area contributed by atoms with Gasteiger partial charge in [-0.3, -0.25) is 14.5 Å². The normalized spacial score (nSPS) is 24.4. The first kappa shape index (κ1) is 21.0. The number of benzene rings is 1. The van der Waals surface area contributed by atoms with Gasteiger partial charge in [0, 0.05) is 22.0 Å². The molecular weight excluding hydrogens is 460 g/mol. The molecule has 1 aromatic carbocycles. The number of carbonyl (C=O) groups is 2. The summed E-state index contributed by atoms with van der Waals surface area (Å²) in [5.74, 6) is 0.511. The van der Waals surface area contributed by atoms with E-state index in [1.165, 1.54) is 22.6 Å². The average molecular weight is 483 g/mol. The second-order valence-corrected chi connectivity index (χ2v) is 10.6. The van der Waals surface area contributed by atoms with Crippen LogP contribution in [0.1, 0.15) is 29.7 Å². The van der Waals surface area contributed by atoms with Crippen molar-refractivity contribution in [3.05, 3.63) is 40.0 Å². The Kier molecular flexibility index (Phi) is 5.12. The van der Waals surface area contributed by atoms with E-state index in [1.54, 1.807) is 0 Å². The molecule has 9 heteroatoms. The number of nitrogens with one attached hydrogen (secondary N) is 1. The third kappa shape index (κ3) is 3.70. The van der Waals surface area contributed by atoms with Crippen LogP contribution in [0, 0.1) is 18.8 Å². The van der Waals surface area contributed by atoms with Crippen molar-refractivity contribution in [2.45, 2.75) is 38.8 Å². The molecule has 0 spiro atoms. The maximum atomic E-state index is 12.4. The van der Waals surface area contributed by atoms with E-state index in [-0.39, 0.29) is 36.3 Å². The van der Waals surface area contributed by atoms with E-state index >= 15 is 0 Å². The zero-order chi connectivity index (χ0) is 22.7. The van der Waals surface area contributed by atoms with Crippen LogP contribution in [0.4, 0.5) is 0 Å². The number of imide groups is 1. The van der Waals surface area contributed by atoms with Crippen LogP contribution in [0.5, 0.6) is 5.75 Å². The Morgan fingerprint density at radius 2 is 2.03 bits per heavy atom. The Balaban J connectivity index is 1.38. The van der Waals surface area contributed by atoms with E-state index in [2.05, 4.69) is 15.3 Å². The second kappa shape index (κ2) is 8.04. The van der Waals surface area contributed by atoms with Crippen LogP contribution in [0.15, 0.2) is 24.5 Å². The fraction of sp³-hybridized carbons (Fsp3) is 0.417. The number of piperidine rings is 2. The van der Waals surface area contributed by atoms with Crippen LogP contribution < -0.4 is 10.1 Å². The lowest BCUT2D eigenvalue weighted by Crippen LogP contribution is -2.37. The molecule has 170 valence electrons. The van der Waals surface area contributed by atoms with Gasteiger partial charge in [-0.25, -0.2) is 9.97 Å². The first-order chi connectivity index (χ1) is 16.0. The second-order valence-electron chi connectivity index (χ2n) is 9.05. The number of aryl methyl sites for hydroxylation is 1. The summed E-state index contributed by atoms with van der Waals surface area (Å²) in [6.07, 6.45) is 4.42. The van der Waals surface area contributed by atoms with Crippen LogP contribution in [0.3, 0.4) is 0 Å². The van der Waals surface area contributed by atoms with Crippen molar-refractivity contribution < 1.29 is 14.3 Å². The monoisotopic (exact) mass is 482 g/mol. The number of hydrogen-bond donors (Lipinski definition) is 1. The van der Waals surface area contributed by atoms with Crippen LogP contribution in [-0.4, -0.2) is 45.9 Å². The molecule has 0 bridgehead atoms. The zero-order valence-corrected chi connectivity index (χ0v) is 19.7. The maximum absolute atomic E-state index is 12.4. The van der Waals surface area contributed by atoms with Gasteiger partial charge in [-0.1, -0.05) is 11.6 Å². The van der Waals surface area contributed by atoms with Gasteiger partial charge in [0.05, 0.1) is 34.3 Å². The lowest BCUT2D eigenvalue weighted by Gasteiger charge is -2.26. The minimum Gasteiger partial charge on any atom is -0.488 e. The average Bonchev–Trinajstić information content (AvgIpc) is 3.44. The molecule has 1 aliphatic carbocycles. The third-order valence-corrected chi connectivity index (χ3v) is 8.00. The highest BCUT2D eigenvalue weighted by molar-refractivity contribution is 7.19. The number of hydrogen-bond acceptors (Lipinski definition) is 7. The van der Waals surface area contributed by atoms with Gasteiger partial charge in [0.25, 0.3) is 0 Å². The van der Waals surface area contributed by atoms with Gasteiger partial charge in [-0.15, -0.1) is 11.3 Å². The number of halogens is 1. The van der Waals surface area contributed by atoms with Crippen LogP contribution in [-0.2, 0) is 16.1 Å². The van der Waals surface area contributed by atoms with Gasteiger partial charge < -0.3 is 10.1 Å². The molecule has 2 aromatic heterocycles. The zero-order valence-electron chi connectivity index (χ0n) is 18.1. The number of carbonyl (C=O) groups excluding carboxylic acids is 2. The van der Waals surface area contributed by atoms with Gasteiger partial charge in [-0.2, -0.15) is 0 Å². The minimum atomic E-state index is -0.0920. The molecule has 2 aliphatic heterocycles. The van der Waals surface area contributed by atoms with Gasteiger partial charge in [0.15, 0.2) is 0 Å². The molecule has 1 N–H and O–H groups in total. The number of rotatable bonds is 5. The Bertz CT molecular complexity index is 1270. The summed E-state index contributed by atoms with van der Waals surface area (Å²) in [4.78, 5) is 36.2. The minimum absolute atomic E-state index is 0.0454. The standard InChI is InChI=1S/C24H23ClN4O3S/c1-12-5-13(25)6-18(21(12)32-14-3-2-4-26-9-14)20-22-19(27-11-28-20)7-15(33-22)10-29-23(30)16-8-17(16)24(29)31/h5-7,11,14,16-17,26H,2-4,8-10H2,1H3. The summed E-state index contributed by atoms with van der Waals surface area (Å²) in [5.41, 5.74) is 3.33. The Labute approximate surface area is 200 Å². The number of ether oxygens (including phenoxy) is 1. The fourth-order valence-corrected chi connectivity index (χ4v) is 6.26. The van der Waals surface area contributed by atoms with Gasteiger partial charge in [0.1, 0.15) is 18.2 Å². The molecule has 2 saturated heterocycles. The summed E-state index contributed by atoms with van der Waals surface area (Å²) in [6.45, 7) is 4.11. The molecule has 6 rings (SSSR count). The van der Waals surface area contributed by atoms with Crippen LogP contribution in [0.25, 0.3) is 21.5 Å². The predicted octanol–water partition coefficient (Wildman–Crippen LogP) is 3.96. The predicted molar refractivity (Wildman–Crippen MR) is 126 cm³/mol. The summed E-state index contributed by atoms with van der Waals surface area (Å²) >= 11 is 7.95. The highest BCUT2D eigenvalue weighted by Gasteiger charge is 2.58. The smallest absolute Gasteiger partial charge is 0.233 e. The Morgan fingerprint density at radius 3 is 2.79 bits per heavy atom. The van der Waals surface area contributed by atoms with Gasteiger partial charge in [0.2, 0.25) is 11.8 Å². The topological polar surface area (TPSA) is 84.4 Å². The summed E-state index contributed by atoms with van der Waals surface area (Å²) < 4.78 is 7.35. The molecule has 1 saturated carbocycles. The summed E-state index contributed by atoms with van der Waals surface area (Å²) in [5, 5.41) is 4.01. The van der Waals surface area contributed by atoms with E-state index < -0.39 is 0 Å². The first-order valence-electron chi connectivity index (χ1n) is 11.3. The van der Waals surface area contributed by atoms with Gasteiger partial charge >= 0.3 is 0 Å². The van der Waals surface area contributed by atoms with Crippen LogP contribution in [0.2, 0.25) is 5.02 Å². The highest BCUT2D eigenvalue weighted by atomic mass is 35.5. The molecule has 33 heavy (non-hydrogen) atoms. The third-order valence-electron chi connectivity index (χ3n) is 6.66. The molecule has 0 radical (unpaired) electrons. The van der Waals surface area contributed by atoms with Crippen molar-refractivity contribution in [1.29, 1.82) is 0 Å². The van der Waals surface area contributed by atoms with Gasteiger partial charge in [-0.05, 0) is 56.5 Å². The molecule has 3 atom stereocenters. The lowest BCUT2D eigenvalue weighted by molar-refractivity contribution is -0.141. The van der Waals surface area contributed by atoms with Crippen molar-refractivity contribution in [3.63, 3.8) is 0 Å². The van der Waals surface area contributed by atoms with Crippen LogP contribution >= 0.6 is 22.9 Å². The molecule has 3 aromatic rings. The fourth-order valence-electron chi connectivity index (χ4n) is 4.88. The molecule has 4 heterocycles. The number of amides is 2. The van der Waals surface area contributed by atoms with Crippen molar-refractivity contribution >= 4 is 45.0 Å². The molecule has 2 amide bonds. The van der Waals surface area contributed by atoms with E-state index in [0.29, 0.717) is 11.4 Å². The SMILES string of the molecule is Cc1cc(Cl)cc(-c2ncnc3cc(CN4C(=O)C5CC5C4=O)sc23)c1OC1CCCNC1. The Hall–Kier alpha value is -2.55. The number of thiophene rings is 1. The summed E-state index contributed by atoms with van der Waals surface area (Å²) in [6, 6.07) is 5.74. The van der Waals surface area contributed by atoms with E-state index in [4.69, 9.17) is 16.3 Å². The van der Waals surface area contributed by atoms with Crippen molar-refractivity contribution in [2.24, 2.45) is 11.8 Å². The van der Waals surface area contributed by atoms with E-state index in [0.717, 1.165) is 63.6 Å². The van der Waals surface area contributed by atoms with E-state index in [9.17, 15) is 9.59 Å². The van der Waals surface area contributed by atoms with Crippen molar-refractivity contribution in [1.82, 2.24) is 20.2 Å². The molecule has 7 nitrogen and oxygen atoms in total.